The Morgan fingerprint density at radius 3 is 2.38 bits per heavy atom. The third-order valence-electron chi connectivity index (χ3n) is 6.76. The number of hydrogen-bond acceptors (Lipinski definition) is 6. The average Bonchev–Trinajstić information content (AvgIpc) is 3.31. The number of halogens is 1. The molecule has 0 spiro atoms. The molecule has 5 rings (SSSR count). The van der Waals surface area contributed by atoms with Crippen LogP contribution in [-0.2, 0) is 30.7 Å². The van der Waals surface area contributed by atoms with Gasteiger partial charge >= 0.3 is 6.16 Å². The van der Waals surface area contributed by atoms with E-state index in [1.807, 2.05) is 52.4 Å². The van der Waals surface area contributed by atoms with Gasteiger partial charge in [-0.25, -0.2) is 14.2 Å². The molecule has 2 aromatic heterocycles. The molecule has 3 heterocycles. The maximum atomic E-state index is 14.5. The number of aromatic nitrogens is 2. The molecule has 220 valence electrons. The number of aryl methyl sites for hydroxylation is 3. The number of rotatable bonds is 5. The lowest BCUT2D eigenvalue weighted by Crippen LogP contribution is -2.25. The summed E-state index contributed by atoms with van der Waals surface area (Å²) in [5.74, 6) is 0.845. The summed E-state index contributed by atoms with van der Waals surface area (Å²) < 4.78 is 20.7. The van der Waals surface area contributed by atoms with Crippen LogP contribution in [0.5, 0.6) is 0 Å². The third kappa shape index (κ3) is 7.04. The highest BCUT2D eigenvalue weighted by Gasteiger charge is 2.30. The lowest BCUT2D eigenvalue weighted by Gasteiger charge is -2.21. The maximum absolute atomic E-state index is 14.5. The molecule has 0 fully saturated rings. The lowest BCUT2D eigenvalue weighted by atomic mass is 9.85. The number of carbonyl (C=O) groups is 1. The van der Waals surface area contributed by atoms with Gasteiger partial charge in [0, 0.05) is 29.3 Å². The minimum atomic E-state index is -1.42. The van der Waals surface area contributed by atoms with Crippen molar-refractivity contribution in [2.75, 3.05) is 12.3 Å². The van der Waals surface area contributed by atoms with Crippen LogP contribution >= 0.6 is 11.8 Å². The van der Waals surface area contributed by atoms with Gasteiger partial charge in [-0.15, -0.1) is 0 Å². The number of ether oxygens (including phenoxy) is 1. The standard InChI is InChI=1S/C22H19FN2O4.C5H13NS.2C2H6/c1-10-6-18-20-14(8-25(18)21(26)15(10)9-29-22(27)28)13-5-3-4-12-11(2)16(23)7-17(24-20)19(12)13;1-5(2)7-4-3-6;2*1-2/h6-7H,3-5,8-9H2,1-2H3,(H,27,28);5H,3-4,6H2,1-2H3;2*1-2H3. The van der Waals surface area contributed by atoms with Crippen molar-refractivity contribution in [1.82, 2.24) is 9.55 Å². The number of pyridine rings is 2. The number of nitrogens with two attached hydrogens (primary N) is 1. The quantitative estimate of drug-likeness (QED) is 0.247. The molecule has 0 amide bonds. The van der Waals surface area contributed by atoms with Crippen molar-refractivity contribution in [1.29, 1.82) is 0 Å². The maximum Gasteiger partial charge on any atom is 0.506 e. The number of benzene rings is 1. The molecular formula is C31H44FN3O4S. The molecular weight excluding hydrogens is 529 g/mol. The number of nitrogens with zero attached hydrogens (tertiary/aromatic N) is 2. The second kappa shape index (κ2) is 15.2. The first kappa shape index (κ1) is 33.3. The van der Waals surface area contributed by atoms with E-state index in [0.29, 0.717) is 34.4 Å². The van der Waals surface area contributed by atoms with Gasteiger partial charge in [0.15, 0.2) is 0 Å². The summed E-state index contributed by atoms with van der Waals surface area (Å²) in [6.45, 7) is 16.8. The van der Waals surface area contributed by atoms with Crippen LogP contribution in [0, 0.1) is 19.7 Å². The van der Waals surface area contributed by atoms with Gasteiger partial charge in [-0.1, -0.05) is 41.5 Å². The van der Waals surface area contributed by atoms with Crippen molar-refractivity contribution in [2.45, 2.75) is 93.1 Å². The Balaban J connectivity index is 0.000000442. The predicted octanol–water partition coefficient (Wildman–Crippen LogP) is 7.00. The number of hydrogen-bond donors (Lipinski definition) is 2. The van der Waals surface area contributed by atoms with E-state index >= 15 is 0 Å². The van der Waals surface area contributed by atoms with Crippen molar-refractivity contribution in [2.24, 2.45) is 5.73 Å². The van der Waals surface area contributed by atoms with Gasteiger partial charge in [0.25, 0.3) is 5.56 Å². The predicted molar refractivity (Wildman–Crippen MR) is 164 cm³/mol. The van der Waals surface area contributed by atoms with Gasteiger partial charge in [-0.05, 0) is 66.7 Å². The largest absolute Gasteiger partial charge is 0.506 e. The molecule has 3 N–H and O–H groups in total. The highest BCUT2D eigenvalue weighted by molar-refractivity contribution is 7.99. The van der Waals surface area contributed by atoms with E-state index in [0.717, 1.165) is 64.6 Å². The summed E-state index contributed by atoms with van der Waals surface area (Å²) in [7, 11) is 0. The van der Waals surface area contributed by atoms with Crippen LogP contribution in [0.25, 0.3) is 22.3 Å². The molecule has 2 aliphatic rings. The Kier molecular flexibility index (Phi) is 12.6. The topological polar surface area (TPSA) is 107 Å². The first-order valence-corrected chi connectivity index (χ1v) is 15.2. The van der Waals surface area contributed by atoms with E-state index < -0.39 is 6.16 Å². The van der Waals surface area contributed by atoms with Gasteiger partial charge in [0.05, 0.1) is 29.0 Å². The lowest BCUT2D eigenvalue weighted by molar-refractivity contribution is 0.0848. The molecule has 1 aliphatic heterocycles. The molecule has 1 aromatic carbocycles. The summed E-state index contributed by atoms with van der Waals surface area (Å²) >= 11 is 1.91. The first-order chi connectivity index (χ1) is 19.1. The zero-order chi connectivity index (χ0) is 30.1. The Hall–Kier alpha value is -2.91. The zero-order valence-electron chi connectivity index (χ0n) is 25.1. The van der Waals surface area contributed by atoms with Crippen molar-refractivity contribution < 1.29 is 19.0 Å². The van der Waals surface area contributed by atoms with Crippen molar-refractivity contribution >= 4 is 28.8 Å². The summed E-state index contributed by atoms with van der Waals surface area (Å²) in [6.07, 6.45) is 1.22. The molecule has 0 atom stereocenters. The molecule has 0 bridgehead atoms. The van der Waals surface area contributed by atoms with E-state index in [-0.39, 0.29) is 18.0 Å². The Labute approximate surface area is 241 Å². The first-order valence-electron chi connectivity index (χ1n) is 14.2. The van der Waals surface area contributed by atoms with Crippen LogP contribution in [0.15, 0.2) is 16.9 Å². The van der Waals surface area contributed by atoms with Gasteiger partial charge in [0.1, 0.15) is 12.4 Å². The van der Waals surface area contributed by atoms with E-state index in [4.69, 9.17) is 15.8 Å². The van der Waals surface area contributed by atoms with Crippen molar-refractivity contribution in [3.63, 3.8) is 0 Å². The van der Waals surface area contributed by atoms with E-state index in [1.165, 1.54) is 6.07 Å². The molecule has 40 heavy (non-hydrogen) atoms. The summed E-state index contributed by atoms with van der Waals surface area (Å²) in [4.78, 5) is 28.6. The minimum absolute atomic E-state index is 0.250. The normalized spacial score (nSPS) is 12.3. The smallest absolute Gasteiger partial charge is 0.450 e. The van der Waals surface area contributed by atoms with Crippen LogP contribution in [0.3, 0.4) is 0 Å². The monoisotopic (exact) mass is 573 g/mol. The fourth-order valence-electron chi connectivity index (χ4n) is 5.04. The molecule has 0 saturated heterocycles. The molecule has 3 aromatic rings. The van der Waals surface area contributed by atoms with Crippen molar-refractivity contribution in [3.05, 3.63) is 61.7 Å². The van der Waals surface area contributed by atoms with Crippen LogP contribution in [-0.4, -0.2) is 38.4 Å². The van der Waals surface area contributed by atoms with Gasteiger partial charge in [-0.2, -0.15) is 11.8 Å². The highest BCUT2D eigenvalue weighted by Crippen LogP contribution is 2.41. The second-order valence-corrected chi connectivity index (χ2v) is 11.2. The fourth-order valence-corrected chi connectivity index (χ4v) is 5.65. The van der Waals surface area contributed by atoms with Gasteiger partial charge < -0.3 is 20.1 Å². The summed E-state index contributed by atoms with van der Waals surface area (Å²) in [6, 6.07) is 3.33. The Morgan fingerprint density at radius 1 is 1.15 bits per heavy atom. The molecule has 1 aliphatic carbocycles. The second-order valence-electron chi connectivity index (χ2n) is 9.47. The van der Waals surface area contributed by atoms with Gasteiger partial charge in [0.2, 0.25) is 0 Å². The Morgan fingerprint density at radius 2 is 1.80 bits per heavy atom. The zero-order valence-corrected chi connectivity index (χ0v) is 25.9. The number of carboxylic acid groups (broad SMARTS) is 1. The van der Waals surface area contributed by atoms with Crippen LogP contribution in [0.1, 0.15) is 81.3 Å². The van der Waals surface area contributed by atoms with Crippen LogP contribution < -0.4 is 11.3 Å². The molecule has 0 unspecified atom stereocenters. The average molecular weight is 574 g/mol. The van der Waals surface area contributed by atoms with Gasteiger partial charge in [-0.3, -0.25) is 4.79 Å². The van der Waals surface area contributed by atoms with Crippen LogP contribution in [0.2, 0.25) is 0 Å². The molecule has 7 nitrogen and oxygen atoms in total. The molecule has 9 heteroatoms. The minimum Gasteiger partial charge on any atom is -0.450 e. The Bertz CT molecular complexity index is 1400. The highest BCUT2D eigenvalue weighted by atomic mass is 32.2. The number of thioether (sulfide) groups is 1. The summed E-state index contributed by atoms with van der Waals surface area (Å²) in [5.41, 5.74) is 11.9. The molecule has 0 radical (unpaired) electrons. The van der Waals surface area contributed by atoms with E-state index in [1.54, 1.807) is 11.5 Å². The SMILES string of the molecule is CC.CC.CC(C)SCCN.Cc1cc2n(c(=O)c1COC(=O)O)Cc1c-2nc2cc(F)c(C)c3c2c1CCC3. The van der Waals surface area contributed by atoms with E-state index in [9.17, 15) is 14.0 Å². The van der Waals surface area contributed by atoms with Crippen molar-refractivity contribution in [3.8, 4) is 11.4 Å². The van der Waals surface area contributed by atoms with Crippen LogP contribution in [0.4, 0.5) is 9.18 Å². The number of fused-ring (bicyclic) bond motifs is 4. The fraction of sp³-hybridized carbons (Fsp3) is 0.516. The third-order valence-corrected chi connectivity index (χ3v) is 7.90. The summed E-state index contributed by atoms with van der Waals surface area (Å²) in [5, 5.41) is 10.5. The van der Waals surface area contributed by atoms with E-state index in [2.05, 4.69) is 18.6 Å². The molecule has 0 saturated carbocycles.